The van der Waals surface area contributed by atoms with Crippen LogP contribution in [0.4, 0.5) is 11.4 Å². The lowest BCUT2D eigenvalue weighted by molar-refractivity contribution is -0.114. The van der Waals surface area contributed by atoms with E-state index in [0.29, 0.717) is 35.2 Å². The Balaban J connectivity index is 1.62. The minimum Gasteiger partial charge on any atom is -0.495 e. The summed E-state index contributed by atoms with van der Waals surface area (Å²) in [5, 5.41) is 6.36. The number of carbonyl (C=O) groups excluding carboxylic acids is 1. The first kappa shape index (κ1) is 24.3. The number of sulfonamides is 1. The molecule has 174 valence electrons. The third-order valence-electron chi connectivity index (χ3n) is 5.08. The van der Waals surface area contributed by atoms with Crippen LogP contribution < -0.4 is 15.4 Å². The number of morpholine rings is 1. The molecule has 1 aliphatic heterocycles. The Labute approximate surface area is 193 Å². The van der Waals surface area contributed by atoms with Crippen LogP contribution in [0.1, 0.15) is 19.4 Å². The van der Waals surface area contributed by atoms with Gasteiger partial charge in [0.2, 0.25) is 15.9 Å². The molecule has 1 fully saturated rings. The van der Waals surface area contributed by atoms with Crippen LogP contribution in [0.2, 0.25) is 5.02 Å². The fourth-order valence-corrected chi connectivity index (χ4v) is 5.28. The quantitative estimate of drug-likeness (QED) is 0.628. The summed E-state index contributed by atoms with van der Waals surface area (Å²) in [7, 11) is -2.10. The normalized spacial score (nSPS) is 19.4. The SMILES string of the molecule is COc1cc(Cl)c(C)cc1NCC(=O)Nc1ccc(S(=O)(=O)N2CC(C)OC(C)C2)cc1. The lowest BCUT2D eigenvalue weighted by Gasteiger charge is -2.34. The highest BCUT2D eigenvalue weighted by Gasteiger charge is 2.32. The zero-order chi connectivity index (χ0) is 23.5. The van der Waals surface area contributed by atoms with Crippen molar-refractivity contribution in [3.8, 4) is 5.75 Å². The molecule has 32 heavy (non-hydrogen) atoms. The molecule has 0 aromatic heterocycles. The van der Waals surface area contributed by atoms with Crippen LogP contribution >= 0.6 is 11.6 Å². The highest BCUT2D eigenvalue weighted by atomic mass is 35.5. The molecule has 2 atom stereocenters. The van der Waals surface area contributed by atoms with E-state index in [0.717, 1.165) is 5.56 Å². The van der Waals surface area contributed by atoms with E-state index in [9.17, 15) is 13.2 Å². The van der Waals surface area contributed by atoms with Crippen LogP contribution in [-0.4, -0.2) is 57.6 Å². The summed E-state index contributed by atoms with van der Waals surface area (Å²) in [6.07, 6.45) is -0.328. The van der Waals surface area contributed by atoms with Crippen LogP contribution in [0.25, 0.3) is 0 Å². The minimum atomic E-state index is -3.63. The van der Waals surface area contributed by atoms with Crippen LogP contribution in [0.15, 0.2) is 41.3 Å². The van der Waals surface area contributed by atoms with Crippen molar-refractivity contribution in [1.82, 2.24) is 4.31 Å². The van der Waals surface area contributed by atoms with Gasteiger partial charge in [-0.3, -0.25) is 4.79 Å². The summed E-state index contributed by atoms with van der Waals surface area (Å²) >= 11 is 6.10. The molecule has 0 aliphatic carbocycles. The van der Waals surface area contributed by atoms with Gasteiger partial charge in [-0.1, -0.05) is 11.6 Å². The first-order valence-electron chi connectivity index (χ1n) is 10.2. The van der Waals surface area contributed by atoms with Crippen molar-refractivity contribution in [3.05, 3.63) is 47.0 Å². The zero-order valence-corrected chi connectivity index (χ0v) is 20.1. The molecule has 1 heterocycles. The Morgan fingerprint density at radius 3 is 2.41 bits per heavy atom. The van der Waals surface area contributed by atoms with Gasteiger partial charge < -0.3 is 20.1 Å². The van der Waals surface area contributed by atoms with E-state index in [1.54, 1.807) is 24.3 Å². The number of methoxy groups -OCH3 is 1. The molecule has 2 unspecified atom stereocenters. The topological polar surface area (TPSA) is 97.0 Å². The first-order chi connectivity index (χ1) is 15.1. The number of aryl methyl sites for hydroxylation is 1. The van der Waals surface area contributed by atoms with E-state index in [4.69, 9.17) is 21.1 Å². The number of hydrogen-bond acceptors (Lipinski definition) is 6. The van der Waals surface area contributed by atoms with Crippen LogP contribution in [-0.2, 0) is 19.6 Å². The number of halogens is 1. The highest BCUT2D eigenvalue weighted by molar-refractivity contribution is 7.89. The molecule has 2 aromatic carbocycles. The van der Waals surface area contributed by atoms with E-state index in [-0.39, 0.29) is 29.6 Å². The number of anilines is 2. The van der Waals surface area contributed by atoms with Gasteiger partial charge in [-0.2, -0.15) is 4.31 Å². The lowest BCUT2D eigenvalue weighted by atomic mass is 10.2. The predicted molar refractivity (Wildman–Crippen MR) is 125 cm³/mol. The number of rotatable bonds is 7. The summed E-state index contributed by atoms with van der Waals surface area (Å²) in [5.41, 5.74) is 2.01. The molecule has 1 aliphatic rings. The first-order valence-corrected chi connectivity index (χ1v) is 12.1. The van der Waals surface area contributed by atoms with E-state index in [2.05, 4.69) is 10.6 Å². The van der Waals surface area contributed by atoms with Gasteiger partial charge in [0.15, 0.2) is 0 Å². The Hall–Kier alpha value is -2.33. The predicted octanol–water partition coefficient (Wildman–Crippen LogP) is 3.51. The van der Waals surface area contributed by atoms with E-state index in [1.165, 1.54) is 23.5 Å². The van der Waals surface area contributed by atoms with Crippen LogP contribution in [0.3, 0.4) is 0 Å². The molecular weight excluding hydrogens is 454 g/mol. The second-order valence-corrected chi connectivity index (χ2v) is 10.2. The molecule has 2 aromatic rings. The molecule has 0 spiro atoms. The molecule has 8 nitrogen and oxygen atoms in total. The van der Waals surface area contributed by atoms with Crippen molar-refractivity contribution in [2.45, 2.75) is 37.9 Å². The number of nitrogens with zero attached hydrogens (tertiary/aromatic N) is 1. The standard InChI is InChI=1S/C22H28ClN3O5S/c1-14-9-20(21(30-4)10-19(14)23)24-11-22(27)25-17-5-7-18(8-6-17)32(28,29)26-12-15(2)31-16(3)13-26/h5-10,15-16,24H,11-13H2,1-4H3,(H,25,27). The number of ether oxygens (including phenoxy) is 2. The maximum atomic E-state index is 12.9. The van der Waals surface area contributed by atoms with Gasteiger partial charge in [-0.25, -0.2) is 8.42 Å². The monoisotopic (exact) mass is 481 g/mol. The number of hydrogen-bond donors (Lipinski definition) is 2. The summed E-state index contributed by atoms with van der Waals surface area (Å²) in [6, 6.07) is 9.63. The average molecular weight is 482 g/mol. The molecule has 10 heteroatoms. The fraction of sp³-hybridized carbons (Fsp3) is 0.409. The van der Waals surface area contributed by atoms with E-state index >= 15 is 0 Å². The summed E-state index contributed by atoms with van der Waals surface area (Å²) in [5.74, 6) is 0.251. The fourth-order valence-electron chi connectivity index (χ4n) is 3.54. The highest BCUT2D eigenvalue weighted by Crippen LogP contribution is 2.30. The number of benzene rings is 2. The third-order valence-corrected chi connectivity index (χ3v) is 7.34. The molecule has 3 rings (SSSR count). The van der Waals surface area contributed by atoms with Gasteiger partial charge in [0, 0.05) is 29.9 Å². The second-order valence-electron chi connectivity index (χ2n) is 7.81. The molecular formula is C22H28ClN3O5S. The van der Waals surface area contributed by atoms with Crippen molar-refractivity contribution in [2.75, 3.05) is 37.4 Å². The Kier molecular flexibility index (Phi) is 7.66. The summed E-state index contributed by atoms with van der Waals surface area (Å²) < 4.78 is 38.2. The Morgan fingerprint density at radius 1 is 1.19 bits per heavy atom. The largest absolute Gasteiger partial charge is 0.495 e. The number of nitrogens with one attached hydrogen (secondary N) is 2. The molecule has 1 amide bonds. The van der Waals surface area contributed by atoms with Crippen LogP contribution in [0, 0.1) is 6.92 Å². The van der Waals surface area contributed by atoms with Crippen molar-refractivity contribution in [3.63, 3.8) is 0 Å². The van der Waals surface area contributed by atoms with Gasteiger partial charge >= 0.3 is 0 Å². The Bertz CT molecular complexity index is 1070. The second kappa shape index (κ2) is 10.1. The van der Waals surface area contributed by atoms with Gasteiger partial charge in [0.05, 0.1) is 36.4 Å². The maximum Gasteiger partial charge on any atom is 0.243 e. The third kappa shape index (κ3) is 5.72. The average Bonchev–Trinajstić information content (AvgIpc) is 2.74. The molecule has 0 bridgehead atoms. The summed E-state index contributed by atoms with van der Waals surface area (Å²) in [6.45, 7) is 6.19. The van der Waals surface area contributed by atoms with Crippen molar-refractivity contribution in [1.29, 1.82) is 0 Å². The van der Waals surface area contributed by atoms with Gasteiger partial charge in [-0.05, 0) is 56.7 Å². The van der Waals surface area contributed by atoms with E-state index < -0.39 is 10.0 Å². The minimum absolute atomic E-state index is 0.00103. The molecule has 0 radical (unpaired) electrons. The molecule has 0 saturated carbocycles. The smallest absolute Gasteiger partial charge is 0.243 e. The maximum absolute atomic E-state index is 12.9. The van der Waals surface area contributed by atoms with Crippen molar-refractivity contribution >= 4 is 38.9 Å². The van der Waals surface area contributed by atoms with Gasteiger partial charge in [-0.15, -0.1) is 0 Å². The van der Waals surface area contributed by atoms with Crippen LogP contribution in [0.5, 0.6) is 5.75 Å². The van der Waals surface area contributed by atoms with Gasteiger partial charge in [0.1, 0.15) is 5.75 Å². The number of amides is 1. The Morgan fingerprint density at radius 2 is 1.81 bits per heavy atom. The van der Waals surface area contributed by atoms with Gasteiger partial charge in [0.25, 0.3) is 0 Å². The van der Waals surface area contributed by atoms with Crippen molar-refractivity contribution < 1.29 is 22.7 Å². The zero-order valence-electron chi connectivity index (χ0n) is 18.5. The molecule has 2 N–H and O–H groups in total. The lowest BCUT2D eigenvalue weighted by Crippen LogP contribution is -2.48. The van der Waals surface area contributed by atoms with E-state index in [1.807, 2.05) is 20.8 Å². The van der Waals surface area contributed by atoms with Crippen molar-refractivity contribution in [2.24, 2.45) is 0 Å². The number of carbonyl (C=O) groups is 1. The summed E-state index contributed by atoms with van der Waals surface area (Å²) in [4.78, 5) is 12.5. The molecule has 1 saturated heterocycles.